The van der Waals surface area contributed by atoms with E-state index in [-0.39, 0.29) is 11.4 Å². The number of fused-ring (bicyclic) bond motifs is 3. The molecular weight excluding hydrogens is 516 g/mol. The normalized spacial score (nSPS) is 15.8. The average molecular weight is 549 g/mol. The number of likely N-dealkylation sites (N-methyl/N-ethyl adjacent to an activating group) is 1. The molecular formula is C29H32N4O5S. The number of hydrogen-bond acceptors (Lipinski definition) is 8. The summed E-state index contributed by atoms with van der Waals surface area (Å²) in [5.74, 6) is -0.461. The molecule has 3 heterocycles. The Labute approximate surface area is 230 Å². The van der Waals surface area contributed by atoms with Gasteiger partial charge in [-0.15, -0.1) is 0 Å². The topological polar surface area (TPSA) is 96.6 Å². The summed E-state index contributed by atoms with van der Waals surface area (Å²) in [7, 11) is 3.08. The molecule has 204 valence electrons. The number of aryl methyl sites for hydroxylation is 1. The van der Waals surface area contributed by atoms with Gasteiger partial charge in [-0.25, -0.2) is 4.98 Å². The Balaban J connectivity index is 1.62. The van der Waals surface area contributed by atoms with Crippen molar-refractivity contribution in [1.82, 2.24) is 19.2 Å². The number of aliphatic hydroxyl groups excluding tert-OH is 1. The number of thiazole rings is 1. The van der Waals surface area contributed by atoms with Gasteiger partial charge in [0.05, 0.1) is 41.7 Å². The highest BCUT2D eigenvalue weighted by Gasteiger charge is 2.44. The van der Waals surface area contributed by atoms with Crippen LogP contribution in [0.5, 0.6) is 11.5 Å². The maximum absolute atomic E-state index is 14.2. The Hall–Kier alpha value is -3.89. The highest BCUT2D eigenvalue weighted by atomic mass is 32.1. The molecule has 1 aliphatic heterocycles. The van der Waals surface area contributed by atoms with Crippen LogP contribution < -0.4 is 9.47 Å². The van der Waals surface area contributed by atoms with Crippen LogP contribution in [0.25, 0.3) is 16.0 Å². The van der Waals surface area contributed by atoms with E-state index >= 15 is 0 Å². The number of imidazole rings is 1. The Kier molecular flexibility index (Phi) is 7.33. The summed E-state index contributed by atoms with van der Waals surface area (Å²) in [5.41, 5.74) is 3.17. The summed E-state index contributed by atoms with van der Waals surface area (Å²) in [4.78, 5) is 37.2. The van der Waals surface area contributed by atoms with Gasteiger partial charge in [-0.1, -0.05) is 43.4 Å². The highest BCUT2D eigenvalue weighted by molar-refractivity contribution is 7.19. The summed E-state index contributed by atoms with van der Waals surface area (Å²) in [6.07, 6.45) is 0. The predicted octanol–water partition coefficient (Wildman–Crippen LogP) is 4.79. The first-order valence-electron chi connectivity index (χ1n) is 12.9. The molecule has 0 aliphatic carbocycles. The lowest BCUT2D eigenvalue weighted by molar-refractivity contribution is -0.129. The van der Waals surface area contributed by atoms with E-state index in [0.717, 1.165) is 24.1 Å². The first-order chi connectivity index (χ1) is 18.8. The lowest BCUT2D eigenvalue weighted by atomic mass is 9.94. The number of para-hydroxylation sites is 2. The van der Waals surface area contributed by atoms with Gasteiger partial charge in [-0.2, -0.15) is 0 Å². The molecule has 0 fully saturated rings. The third kappa shape index (κ3) is 4.43. The van der Waals surface area contributed by atoms with E-state index in [1.54, 1.807) is 30.2 Å². The van der Waals surface area contributed by atoms with Gasteiger partial charge in [0.25, 0.3) is 5.91 Å². The minimum atomic E-state index is -0.786. The van der Waals surface area contributed by atoms with Crippen LogP contribution in [0.4, 0.5) is 0 Å². The van der Waals surface area contributed by atoms with E-state index < -0.39 is 17.7 Å². The van der Waals surface area contributed by atoms with Crippen molar-refractivity contribution in [1.29, 1.82) is 0 Å². The van der Waals surface area contributed by atoms with Gasteiger partial charge >= 0.3 is 0 Å². The molecule has 0 spiro atoms. The fourth-order valence-electron chi connectivity index (χ4n) is 5.27. The van der Waals surface area contributed by atoms with E-state index in [9.17, 15) is 14.7 Å². The Morgan fingerprint density at radius 3 is 2.51 bits per heavy atom. The van der Waals surface area contributed by atoms with E-state index in [4.69, 9.17) is 9.47 Å². The summed E-state index contributed by atoms with van der Waals surface area (Å²) in [6.45, 7) is 8.59. The molecule has 4 aromatic rings. The molecule has 1 N–H and O–H groups in total. The maximum Gasteiger partial charge on any atom is 0.290 e. The fraction of sp³-hybridized carbons (Fsp3) is 0.345. The van der Waals surface area contributed by atoms with Gasteiger partial charge in [0, 0.05) is 18.8 Å². The van der Waals surface area contributed by atoms with E-state index in [0.29, 0.717) is 45.7 Å². The summed E-state index contributed by atoms with van der Waals surface area (Å²) >= 11 is 1.26. The molecule has 2 aromatic carbocycles. The molecule has 0 saturated heterocycles. The number of nitrogens with zero attached hydrogens (tertiary/aromatic N) is 4. The van der Waals surface area contributed by atoms with Crippen molar-refractivity contribution in [3.8, 4) is 11.5 Å². The van der Waals surface area contributed by atoms with Crippen LogP contribution in [-0.4, -0.2) is 76.4 Å². The first-order valence-corrected chi connectivity index (χ1v) is 13.8. The van der Waals surface area contributed by atoms with Crippen LogP contribution in [0, 0.1) is 6.92 Å². The molecule has 0 radical (unpaired) electrons. The number of hydrogen-bond donors (Lipinski definition) is 1. The standard InChI is InChI=1S/C29H32N4O5S/c1-6-31(7-2)14-15-32-24(18-12-13-21(37-4)22(16-18)38-5)23(26(35)28(32)36)25(34)27-17(3)33-20-11-9-8-10-19(20)30-29(33)39-27/h8-13,16,24,35H,6-7,14-15H2,1-5H3. The zero-order chi connectivity index (χ0) is 27.8. The SMILES string of the molecule is CCN(CC)CCN1C(=O)C(O)=C(C(=O)c2sc3nc4ccccc4n3c2C)C1c1ccc(OC)c(OC)c1. The summed E-state index contributed by atoms with van der Waals surface area (Å²) < 4.78 is 12.9. The quantitative estimate of drug-likeness (QED) is 0.285. The molecule has 39 heavy (non-hydrogen) atoms. The van der Waals surface area contributed by atoms with Crippen LogP contribution in [0.15, 0.2) is 53.8 Å². The van der Waals surface area contributed by atoms with Crippen molar-refractivity contribution in [2.75, 3.05) is 40.4 Å². The van der Waals surface area contributed by atoms with Crippen LogP contribution in [0.3, 0.4) is 0 Å². The molecule has 0 bridgehead atoms. The number of rotatable bonds is 10. The van der Waals surface area contributed by atoms with Crippen molar-refractivity contribution in [2.45, 2.75) is 26.8 Å². The van der Waals surface area contributed by atoms with E-state index in [1.165, 1.54) is 18.4 Å². The minimum absolute atomic E-state index is 0.0590. The van der Waals surface area contributed by atoms with E-state index in [2.05, 4.69) is 23.7 Å². The van der Waals surface area contributed by atoms with Crippen molar-refractivity contribution in [3.05, 3.63) is 69.9 Å². The molecule has 1 unspecified atom stereocenters. The van der Waals surface area contributed by atoms with Gasteiger partial charge in [0.15, 0.2) is 22.2 Å². The van der Waals surface area contributed by atoms with E-state index in [1.807, 2.05) is 35.6 Å². The molecule has 1 atom stereocenters. The number of Topliss-reactive ketones (excluding diaryl/α,β-unsaturated/α-hetero) is 1. The second-order valence-corrected chi connectivity index (χ2v) is 10.3. The van der Waals surface area contributed by atoms with Gasteiger partial charge in [-0.3, -0.25) is 14.0 Å². The molecule has 9 nitrogen and oxygen atoms in total. The van der Waals surface area contributed by atoms with Crippen LogP contribution in [0.1, 0.15) is 40.8 Å². The van der Waals surface area contributed by atoms with Gasteiger partial charge in [0.1, 0.15) is 0 Å². The minimum Gasteiger partial charge on any atom is -0.503 e. The summed E-state index contributed by atoms with van der Waals surface area (Å²) in [6, 6.07) is 12.3. The predicted molar refractivity (Wildman–Crippen MR) is 151 cm³/mol. The number of carbonyl (C=O) groups excluding carboxylic acids is 2. The number of aliphatic hydroxyl groups is 1. The monoisotopic (exact) mass is 548 g/mol. The van der Waals surface area contributed by atoms with Crippen LogP contribution in [-0.2, 0) is 4.79 Å². The number of ketones is 1. The molecule has 2 aromatic heterocycles. The second kappa shape index (κ2) is 10.7. The van der Waals surface area contributed by atoms with Crippen molar-refractivity contribution < 1.29 is 24.2 Å². The largest absolute Gasteiger partial charge is 0.503 e. The third-order valence-electron chi connectivity index (χ3n) is 7.42. The number of amides is 1. The Morgan fingerprint density at radius 1 is 1.10 bits per heavy atom. The van der Waals surface area contributed by atoms with Crippen LogP contribution >= 0.6 is 11.3 Å². The lowest BCUT2D eigenvalue weighted by Crippen LogP contribution is -2.38. The lowest BCUT2D eigenvalue weighted by Gasteiger charge is -2.29. The Bertz CT molecular complexity index is 1600. The Morgan fingerprint density at radius 2 is 1.82 bits per heavy atom. The van der Waals surface area contributed by atoms with Crippen LogP contribution in [0.2, 0.25) is 0 Å². The van der Waals surface area contributed by atoms with Gasteiger partial charge in [0.2, 0.25) is 5.78 Å². The molecule has 10 heteroatoms. The molecule has 1 amide bonds. The number of benzene rings is 2. The number of carbonyl (C=O) groups is 2. The highest BCUT2D eigenvalue weighted by Crippen LogP contribution is 2.43. The van der Waals surface area contributed by atoms with Crippen molar-refractivity contribution in [2.24, 2.45) is 0 Å². The zero-order valence-corrected chi connectivity index (χ0v) is 23.5. The fourth-order valence-corrected chi connectivity index (χ4v) is 6.37. The summed E-state index contributed by atoms with van der Waals surface area (Å²) in [5, 5.41) is 11.2. The van der Waals surface area contributed by atoms with Gasteiger partial charge in [-0.05, 0) is 49.8 Å². The third-order valence-corrected chi connectivity index (χ3v) is 8.56. The zero-order valence-electron chi connectivity index (χ0n) is 22.7. The average Bonchev–Trinajstić information content (AvgIpc) is 3.57. The first kappa shape index (κ1) is 26.7. The number of ether oxygens (including phenoxy) is 2. The second-order valence-electron chi connectivity index (χ2n) is 9.37. The number of aromatic nitrogens is 2. The van der Waals surface area contributed by atoms with Gasteiger partial charge < -0.3 is 24.4 Å². The molecule has 0 saturated carbocycles. The van der Waals surface area contributed by atoms with Crippen molar-refractivity contribution >= 4 is 39.0 Å². The number of methoxy groups -OCH3 is 2. The maximum atomic E-state index is 14.2. The molecule has 5 rings (SSSR count). The van der Waals surface area contributed by atoms with Crippen molar-refractivity contribution in [3.63, 3.8) is 0 Å². The smallest absolute Gasteiger partial charge is 0.290 e. The molecule has 1 aliphatic rings.